The Bertz CT molecular complexity index is 909. The number of hydrogen-bond acceptors (Lipinski definition) is 4. The third kappa shape index (κ3) is 4.37. The van der Waals surface area contributed by atoms with E-state index in [4.69, 9.17) is 12.2 Å². The highest BCUT2D eigenvalue weighted by atomic mass is 32.1. The number of aromatic nitrogens is 3. The molecular weight excluding hydrogens is 403 g/mol. The van der Waals surface area contributed by atoms with E-state index < -0.39 is 17.5 Å². The van der Waals surface area contributed by atoms with Crippen molar-refractivity contribution in [3.63, 3.8) is 0 Å². The lowest BCUT2D eigenvalue weighted by Gasteiger charge is -2.30. The Hall–Kier alpha value is -2.20. The molecular formula is C19H24F3N5OS. The molecule has 0 saturated carbocycles. The summed E-state index contributed by atoms with van der Waals surface area (Å²) in [6.07, 6.45) is -4.92. The highest BCUT2D eigenvalue weighted by Crippen LogP contribution is 2.46. The van der Waals surface area contributed by atoms with Crippen LogP contribution in [0.4, 0.5) is 13.2 Å². The van der Waals surface area contributed by atoms with Gasteiger partial charge in [0.2, 0.25) is 5.91 Å². The number of alkyl halides is 3. The number of aromatic amines is 1. The molecule has 0 aliphatic carbocycles. The lowest BCUT2D eigenvalue weighted by Crippen LogP contribution is -2.52. The van der Waals surface area contributed by atoms with Gasteiger partial charge in [-0.15, -0.1) is 0 Å². The maximum absolute atomic E-state index is 14.0. The predicted molar refractivity (Wildman–Crippen MR) is 104 cm³/mol. The van der Waals surface area contributed by atoms with Crippen LogP contribution < -0.4 is 5.32 Å². The molecule has 1 aromatic carbocycles. The first-order valence-corrected chi connectivity index (χ1v) is 9.82. The van der Waals surface area contributed by atoms with Crippen LogP contribution in [0.3, 0.4) is 0 Å². The summed E-state index contributed by atoms with van der Waals surface area (Å²) in [5.41, 5.74) is -1.52. The predicted octanol–water partition coefficient (Wildman–Crippen LogP) is 3.59. The van der Waals surface area contributed by atoms with Crippen molar-refractivity contribution >= 4 is 18.1 Å². The fourth-order valence-electron chi connectivity index (χ4n) is 3.73. The van der Waals surface area contributed by atoms with Gasteiger partial charge in [0.25, 0.3) is 0 Å². The van der Waals surface area contributed by atoms with Crippen molar-refractivity contribution in [1.82, 2.24) is 25.0 Å². The second-order valence-electron chi connectivity index (χ2n) is 7.62. The SMILES string of the molecule is CC(C)n1c(CNC(=O)C2(C(F)(F)F)CCN(Cc3ccccc3)C2)n[nH]c1=S. The normalized spacial score (nSPS) is 20.3. The Labute approximate surface area is 172 Å². The summed E-state index contributed by atoms with van der Waals surface area (Å²) in [4.78, 5) is 14.4. The zero-order valence-electron chi connectivity index (χ0n) is 16.3. The van der Waals surface area contributed by atoms with E-state index in [1.54, 1.807) is 9.47 Å². The molecule has 1 atom stereocenters. The highest BCUT2D eigenvalue weighted by molar-refractivity contribution is 7.71. The molecule has 1 amide bonds. The fraction of sp³-hybridized carbons (Fsp3) is 0.526. The number of benzene rings is 1. The number of carbonyl (C=O) groups excluding carboxylic acids is 1. The van der Waals surface area contributed by atoms with Crippen molar-refractivity contribution in [2.24, 2.45) is 5.41 Å². The number of halogens is 3. The number of likely N-dealkylation sites (tertiary alicyclic amines) is 1. The fourth-order valence-corrected chi connectivity index (χ4v) is 4.10. The first kappa shape index (κ1) is 21.5. The summed E-state index contributed by atoms with van der Waals surface area (Å²) in [5.74, 6) is -0.625. The molecule has 0 spiro atoms. The summed E-state index contributed by atoms with van der Waals surface area (Å²) in [5, 5.41) is 9.10. The van der Waals surface area contributed by atoms with Crippen LogP contribution in [0.15, 0.2) is 30.3 Å². The van der Waals surface area contributed by atoms with Gasteiger partial charge in [0, 0.05) is 19.1 Å². The number of rotatable bonds is 6. The van der Waals surface area contributed by atoms with Crippen LogP contribution in [-0.4, -0.2) is 44.8 Å². The molecule has 10 heteroatoms. The van der Waals surface area contributed by atoms with Crippen LogP contribution in [0, 0.1) is 10.2 Å². The van der Waals surface area contributed by atoms with Gasteiger partial charge in [-0.1, -0.05) is 30.3 Å². The van der Waals surface area contributed by atoms with E-state index in [0.29, 0.717) is 17.1 Å². The zero-order chi connectivity index (χ0) is 21.2. The van der Waals surface area contributed by atoms with E-state index in [2.05, 4.69) is 15.5 Å². The van der Waals surface area contributed by atoms with Crippen LogP contribution >= 0.6 is 12.2 Å². The number of nitrogens with one attached hydrogen (secondary N) is 2. The van der Waals surface area contributed by atoms with Crippen molar-refractivity contribution in [3.8, 4) is 0 Å². The smallest absolute Gasteiger partial charge is 0.348 e. The molecule has 2 aromatic rings. The van der Waals surface area contributed by atoms with Crippen LogP contribution in [0.25, 0.3) is 0 Å². The van der Waals surface area contributed by atoms with Gasteiger partial charge in [0.15, 0.2) is 16.0 Å². The van der Waals surface area contributed by atoms with Gasteiger partial charge in [-0.05, 0) is 44.6 Å². The lowest BCUT2D eigenvalue weighted by molar-refractivity contribution is -0.218. The largest absolute Gasteiger partial charge is 0.404 e. The zero-order valence-corrected chi connectivity index (χ0v) is 17.1. The van der Waals surface area contributed by atoms with Crippen LogP contribution in [-0.2, 0) is 17.9 Å². The minimum atomic E-state index is -4.65. The minimum Gasteiger partial charge on any atom is -0.348 e. The second-order valence-corrected chi connectivity index (χ2v) is 8.00. The van der Waals surface area contributed by atoms with E-state index >= 15 is 0 Å². The van der Waals surface area contributed by atoms with E-state index in [0.717, 1.165) is 5.56 Å². The van der Waals surface area contributed by atoms with Gasteiger partial charge in [-0.3, -0.25) is 14.8 Å². The van der Waals surface area contributed by atoms with Crippen LogP contribution in [0.2, 0.25) is 0 Å². The Balaban J connectivity index is 1.74. The van der Waals surface area contributed by atoms with E-state index in [1.165, 1.54) is 0 Å². The van der Waals surface area contributed by atoms with E-state index in [9.17, 15) is 18.0 Å². The quantitative estimate of drug-likeness (QED) is 0.692. The molecule has 2 N–H and O–H groups in total. The third-order valence-corrected chi connectivity index (χ3v) is 5.56. The van der Waals surface area contributed by atoms with Gasteiger partial charge >= 0.3 is 6.18 Å². The first-order valence-electron chi connectivity index (χ1n) is 9.41. The van der Waals surface area contributed by atoms with Gasteiger partial charge in [-0.25, -0.2) is 0 Å². The molecule has 29 heavy (non-hydrogen) atoms. The average Bonchev–Trinajstić information content (AvgIpc) is 3.24. The summed E-state index contributed by atoms with van der Waals surface area (Å²) >= 11 is 5.14. The summed E-state index contributed by atoms with van der Waals surface area (Å²) in [7, 11) is 0. The molecule has 1 unspecified atom stereocenters. The molecule has 1 saturated heterocycles. The Morgan fingerprint density at radius 2 is 2.03 bits per heavy atom. The first-order chi connectivity index (χ1) is 13.6. The molecule has 3 rings (SSSR count). The number of H-pyrrole nitrogens is 1. The van der Waals surface area contributed by atoms with Gasteiger partial charge in [-0.2, -0.15) is 18.3 Å². The maximum atomic E-state index is 14.0. The molecule has 6 nitrogen and oxygen atoms in total. The minimum absolute atomic E-state index is 0.0300. The number of carbonyl (C=O) groups is 1. The Morgan fingerprint density at radius 3 is 2.66 bits per heavy atom. The average molecular weight is 427 g/mol. The van der Waals surface area contributed by atoms with Crippen molar-refractivity contribution in [2.75, 3.05) is 13.1 Å². The monoisotopic (exact) mass is 427 g/mol. The number of hydrogen-bond donors (Lipinski definition) is 2. The lowest BCUT2D eigenvalue weighted by atomic mass is 9.85. The van der Waals surface area contributed by atoms with Crippen molar-refractivity contribution in [2.45, 2.75) is 45.6 Å². The number of nitrogens with zero attached hydrogens (tertiary/aromatic N) is 3. The van der Waals surface area contributed by atoms with Gasteiger partial charge < -0.3 is 9.88 Å². The van der Waals surface area contributed by atoms with Gasteiger partial charge in [0.1, 0.15) is 0 Å². The summed E-state index contributed by atoms with van der Waals surface area (Å²) in [6, 6.07) is 9.24. The Morgan fingerprint density at radius 1 is 1.34 bits per heavy atom. The Kier molecular flexibility index (Phi) is 6.13. The second kappa shape index (κ2) is 8.27. The van der Waals surface area contributed by atoms with Crippen molar-refractivity contribution in [1.29, 1.82) is 0 Å². The topological polar surface area (TPSA) is 66.0 Å². The molecule has 0 bridgehead atoms. The highest BCUT2D eigenvalue weighted by Gasteiger charge is 2.62. The summed E-state index contributed by atoms with van der Waals surface area (Å²) in [6.45, 7) is 3.85. The standard InChI is InChI=1S/C19H24F3N5OS/c1-13(2)27-15(24-25-17(27)29)10-23-16(28)18(19(20,21)22)8-9-26(12-18)11-14-6-4-3-5-7-14/h3-7,13H,8-12H2,1-2H3,(H,23,28)(H,25,29). The van der Waals surface area contributed by atoms with Crippen molar-refractivity contribution < 1.29 is 18.0 Å². The molecule has 0 radical (unpaired) electrons. The van der Waals surface area contributed by atoms with E-state index in [-0.39, 0.29) is 32.1 Å². The molecule has 1 fully saturated rings. The molecule has 1 aliphatic rings. The van der Waals surface area contributed by atoms with Crippen LogP contribution in [0.1, 0.15) is 37.7 Å². The summed E-state index contributed by atoms with van der Waals surface area (Å²) < 4.78 is 44.0. The maximum Gasteiger partial charge on any atom is 0.404 e. The molecule has 158 valence electrons. The van der Waals surface area contributed by atoms with Gasteiger partial charge in [0.05, 0.1) is 6.54 Å². The molecule has 2 heterocycles. The third-order valence-electron chi connectivity index (χ3n) is 5.28. The molecule has 1 aromatic heterocycles. The number of amides is 1. The van der Waals surface area contributed by atoms with Crippen molar-refractivity contribution in [3.05, 3.63) is 46.5 Å². The van der Waals surface area contributed by atoms with Crippen LogP contribution in [0.5, 0.6) is 0 Å². The molecule has 1 aliphatic heterocycles. The van der Waals surface area contributed by atoms with E-state index in [1.807, 2.05) is 44.2 Å².